The van der Waals surface area contributed by atoms with E-state index >= 15 is 0 Å². The van der Waals surface area contributed by atoms with Crippen molar-refractivity contribution in [2.75, 3.05) is 6.26 Å². The number of rotatable bonds is 4. The van der Waals surface area contributed by atoms with Gasteiger partial charge in [-0.05, 0) is 42.3 Å². The monoisotopic (exact) mass is 306 g/mol. The third kappa shape index (κ3) is 3.76. The number of sulfone groups is 1. The zero-order valence-electron chi connectivity index (χ0n) is 11.8. The summed E-state index contributed by atoms with van der Waals surface area (Å²) in [7, 11) is -3.27. The van der Waals surface area contributed by atoms with Crippen molar-refractivity contribution in [1.82, 2.24) is 0 Å². The van der Waals surface area contributed by atoms with Crippen LogP contribution in [0.1, 0.15) is 21.5 Å². The van der Waals surface area contributed by atoms with E-state index < -0.39 is 9.84 Å². The maximum absolute atomic E-state index is 13.0. The summed E-state index contributed by atoms with van der Waals surface area (Å²) in [5.41, 5.74) is 1.91. The molecular weight excluding hydrogens is 291 g/mol. The quantitative estimate of drug-likeness (QED) is 0.816. The predicted molar refractivity (Wildman–Crippen MR) is 78.7 cm³/mol. The van der Waals surface area contributed by atoms with Gasteiger partial charge in [0, 0.05) is 18.2 Å². The van der Waals surface area contributed by atoms with Crippen LogP contribution in [0.4, 0.5) is 4.39 Å². The van der Waals surface area contributed by atoms with Gasteiger partial charge in [0.05, 0.1) is 4.90 Å². The normalized spacial score (nSPS) is 11.4. The Morgan fingerprint density at radius 3 is 2.24 bits per heavy atom. The van der Waals surface area contributed by atoms with Gasteiger partial charge in [0.25, 0.3) is 0 Å². The molecule has 110 valence electrons. The number of ketones is 1. The average molecular weight is 306 g/mol. The van der Waals surface area contributed by atoms with Gasteiger partial charge in [-0.25, -0.2) is 12.8 Å². The number of aryl methyl sites for hydroxylation is 1. The standard InChI is InChI=1S/C16H15FO3S/c1-11-9-14(17)6-3-13(11)10-16(18)12-4-7-15(8-5-12)21(2,19)20/h3-9H,10H2,1-2H3. The molecule has 0 spiro atoms. The number of halogens is 1. The molecular formula is C16H15FO3S. The first-order valence-electron chi connectivity index (χ1n) is 6.36. The van der Waals surface area contributed by atoms with Crippen LogP contribution in [0.3, 0.4) is 0 Å². The molecule has 0 bridgehead atoms. The van der Waals surface area contributed by atoms with E-state index in [0.29, 0.717) is 5.56 Å². The topological polar surface area (TPSA) is 51.2 Å². The Balaban J connectivity index is 2.21. The van der Waals surface area contributed by atoms with Crippen molar-refractivity contribution in [2.24, 2.45) is 0 Å². The fourth-order valence-corrected chi connectivity index (χ4v) is 2.65. The molecule has 0 atom stereocenters. The first kappa shape index (κ1) is 15.4. The van der Waals surface area contributed by atoms with Crippen molar-refractivity contribution in [3.8, 4) is 0 Å². The van der Waals surface area contributed by atoms with Crippen LogP contribution >= 0.6 is 0 Å². The minimum Gasteiger partial charge on any atom is -0.294 e. The Hall–Kier alpha value is -2.01. The molecule has 0 unspecified atom stereocenters. The molecule has 2 rings (SSSR count). The van der Waals surface area contributed by atoms with Crippen molar-refractivity contribution >= 4 is 15.6 Å². The van der Waals surface area contributed by atoms with E-state index in [9.17, 15) is 17.6 Å². The SMILES string of the molecule is Cc1cc(F)ccc1CC(=O)c1ccc(S(C)(=O)=O)cc1. The second kappa shape index (κ2) is 5.77. The number of carbonyl (C=O) groups is 1. The highest BCUT2D eigenvalue weighted by Gasteiger charge is 2.12. The van der Waals surface area contributed by atoms with E-state index in [4.69, 9.17) is 0 Å². The molecule has 0 aliphatic carbocycles. The zero-order chi connectivity index (χ0) is 15.6. The van der Waals surface area contributed by atoms with Gasteiger partial charge in [-0.1, -0.05) is 18.2 Å². The molecule has 3 nitrogen and oxygen atoms in total. The molecule has 0 radical (unpaired) electrons. The fourth-order valence-electron chi connectivity index (χ4n) is 2.02. The molecule has 0 saturated carbocycles. The van der Waals surface area contributed by atoms with Gasteiger partial charge in [0.2, 0.25) is 0 Å². The van der Waals surface area contributed by atoms with E-state index in [0.717, 1.165) is 17.4 Å². The van der Waals surface area contributed by atoms with E-state index in [2.05, 4.69) is 0 Å². The van der Waals surface area contributed by atoms with Crippen LogP contribution < -0.4 is 0 Å². The summed E-state index contributed by atoms with van der Waals surface area (Å²) >= 11 is 0. The maximum atomic E-state index is 13.0. The summed E-state index contributed by atoms with van der Waals surface area (Å²) in [5, 5.41) is 0. The number of carbonyl (C=O) groups excluding carboxylic acids is 1. The van der Waals surface area contributed by atoms with Crippen molar-refractivity contribution < 1.29 is 17.6 Å². The number of benzene rings is 2. The average Bonchev–Trinajstić information content (AvgIpc) is 2.41. The van der Waals surface area contributed by atoms with Crippen molar-refractivity contribution in [3.63, 3.8) is 0 Å². The molecule has 0 aliphatic rings. The molecule has 0 aliphatic heterocycles. The van der Waals surface area contributed by atoms with E-state index in [1.165, 1.54) is 36.4 Å². The van der Waals surface area contributed by atoms with Gasteiger partial charge >= 0.3 is 0 Å². The summed E-state index contributed by atoms with van der Waals surface area (Å²) in [6, 6.07) is 10.1. The second-order valence-electron chi connectivity index (χ2n) is 4.97. The highest BCUT2D eigenvalue weighted by molar-refractivity contribution is 7.90. The molecule has 0 aromatic heterocycles. The molecule has 0 fully saturated rings. The molecule has 5 heteroatoms. The molecule has 0 heterocycles. The highest BCUT2D eigenvalue weighted by atomic mass is 32.2. The Labute approximate surface area is 123 Å². The summed E-state index contributed by atoms with van der Waals surface area (Å²) in [4.78, 5) is 12.3. The van der Waals surface area contributed by atoms with Crippen LogP contribution in [0.5, 0.6) is 0 Å². The third-order valence-electron chi connectivity index (χ3n) is 3.26. The molecule has 2 aromatic carbocycles. The van der Waals surface area contributed by atoms with Crippen LogP contribution in [-0.2, 0) is 16.3 Å². The number of hydrogen-bond acceptors (Lipinski definition) is 3. The molecule has 0 saturated heterocycles. The second-order valence-corrected chi connectivity index (χ2v) is 6.98. The lowest BCUT2D eigenvalue weighted by Crippen LogP contribution is -2.06. The van der Waals surface area contributed by atoms with E-state index in [1.807, 2.05) is 0 Å². The summed E-state index contributed by atoms with van der Waals surface area (Å²) in [5.74, 6) is -0.467. The lowest BCUT2D eigenvalue weighted by Gasteiger charge is -2.06. The van der Waals surface area contributed by atoms with Crippen LogP contribution in [0.15, 0.2) is 47.4 Å². The van der Waals surface area contributed by atoms with Crippen LogP contribution in [0.2, 0.25) is 0 Å². The molecule has 2 aromatic rings. The van der Waals surface area contributed by atoms with Gasteiger partial charge in [-0.3, -0.25) is 4.79 Å². The van der Waals surface area contributed by atoms with Gasteiger partial charge in [0.15, 0.2) is 15.6 Å². The Morgan fingerprint density at radius 2 is 1.71 bits per heavy atom. The molecule has 21 heavy (non-hydrogen) atoms. The van der Waals surface area contributed by atoms with Crippen molar-refractivity contribution in [2.45, 2.75) is 18.2 Å². The largest absolute Gasteiger partial charge is 0.294 e. The molecule has 0 amide bonds. The number of Topliss-reactive ketones (excluding diaryl/α,β-unsaturated/α-hetero) is 1. The van der Waals surface area contributed by atoms with Gasteiger partial charge in [-0.15, -0.1) is 0 Å². The predicted octanol–water partition coefficient (Wildman–Crippen LogP) is 2.96. The summed E-state index contributed by atoms with van der Waals surface area (Å²) in [6.07, 6.45) is 1.27. The number of hydrogen-bond donors (Lipinski definition) is 0. The lowest BCUT2D eigenvalue weighted by molar-refractivity contribution is 0.0992. The van der Waals surface area contributed by atoms with E-state index in [1.54, 1.807) is 13.0 Å². The van der Waals surface area contributed by atoms with Crippen molar-refractivity contribution in [1.29, 1.82) is 0 Å². The third-order valence-corrected chi connectivity index (χ3v) is 4.39. The first-order chi connectivity index (χ1) is 9.77. The molecule has 0 N–H and O–H groups in total. The summed E-state index contributed by atoms with van der Waals surface area (Å²) < 4.78 is 35.7. The minimum absolute atomic E-state index is 0.134. The van der Waals surface area contributed by atoms with Crippen molar-refractivity contribution in [3.05, 3.63) is 65.0 Å². The van der Waals surface area contributed by atoms with Crippen LogP contribution in [-0.4, -0.2) is 20.5 Å². The van der Waals surface area contributed by atoms with Crippen LogP contribution in [0, 0.1) is 12.7 Å². The smallest absolute Gasteiger partial charge is 0.175 e. The van der Waals surface area contributed by atoms with Gasteiger partial charge in [-0.2, -0.15) is 0 Å². The summed E-state index contributed by atoms with van der Waals surface area (Å²) in [6.45, 7) is 1.75. The van der Waals surface area contributed by atoms with Gasteiger partial charge < -0.3 is 0 Å². The Morgan fingerprint density at radius 1 is 1.10 bits per heavy atom. The van der Waals surface area contributed by atoms with Gasteiger partial charge in [0.1, 0.15) is 5.82 Å². The van der Waals surface area contributed by atoms with Crippen LogP contribution in [0.25, 0.3) is 0 Å². The fraction of sp³-hybridized carbons (Fsp3) is 0.188. The zero-order valence-corrected chi connectivity index (χ0v) is 12.6. The Kier molecular flexibility index (Phi) is 4.23. The Bertz CT molecular complexity index is 778. The highest BCUT2D eigenvalue weighted by Crippen LogP contribution is 2.15. The maximum Gasteiger partial charge on any atom is 0.175 e. The first-order valence-corrected chi connectivity index (χ1v) is 8.25. The minimum atomic E-state index is -3.27. The lowest BCUT2D eigenvalue weighted by atomic mass is 9.99. The van der Waals surface area contributed by atoms with E-state index in [-0.39, 0.29) is 22.9 Å².